The van der Waals surface area contributed by atoms with Gasteiger partial charge in [-0.3, -0.25) is 9.69 Å². The van der Waals surface area contributed by atoms with Gasteiger partial charge >= 0.3 is 0 Å². The minimum absolute atomic E-state index is 0.0500. The number of carbonyl (C=O) groups excluding carboxylic acids is 1. The Morgan fingerprint density at radius 1 is 1.11 bits per heavy atom. The number of ether oxygens (including phenoxy) is 2. The summed E-state index contributed by atoms with van der Waals surface area (Å²) in [4.78, 5) is 14.6. The zero-order chi connectivity index (χ0) is 19.8. The van der Waals surface area contributed by atoms with Crippen LogP contribution >= 0.6 is 0 Å². The SMILES string of the molecule is COc1cccc(/C=C/C(=O)NC2CCN(Cc3ccccc3OC)CC2)c1. The second kappa shape index (κ2) is 9.95. The van der Waals surface area contributed by atoms with Gasteiger partial charge in [-0.1, -0.05) is 30.3 Å². The molecule has 0 saturated carbocycles. The molecule has 3 rings (SSSR count). The highest BCUT2D eigenvalue weighted by Gasteiger charge is 2.20. The largest absolute Gasteiger partial charge is 0.497 e. The van der Waals surface area contributed by atoms with Gasteiger partial charge in [0.2, 0.25) is 5.91 Å². The molecule has 0 radical (unpaired) electrons. The number of piperidine rings is 1. The van der Waals surface area contributed by atoms with Crippen LogP contribution < -0.4 is 14.8 Å². The number of nitrogens with zero attached hydrogens (tertiary/aromatic N) is 1. The van der Waals surface area contributed by atoms with Crippen LogP contribution in [0.3, 0.4) is 0 Å². The molecule has 1 N–H and O–H groups in total. The highest BCUT2D eigenvalue weighted by atomic mass is 16.5. The van der Waals surface area contributed by atoms with E-state index < -0.39 is 0 Å². The van der Waals surface area contributed by atoms with Gasteiger partial charge in [0, 0.05) is 37.3 Å². The quantitative estimate of drug-likeness (QED) is 0.747. The third-order valence-corrected chi connectivity index (χ3v) is 5.04. The van der Waals surface area contributed by atoms with E-state index in [1.165, 1.54) is 5.56 Å². The van der Waals surface area contributed by atoms with Crippen LogP contribution in [0.25, 0.3) is 6.08 Å². The summed E-state index contributed by atoms with van der Waals surface area (Å²) in [5.41, 5.74) is 2.15. The van der Waals surface area contributed by atoms with Crippen LogP contribution in [0.15, 0.2) is 54.6 Å². The van der Waals surface area contributed by atoms with Crippen molar-refractivity contribution in [3.8, 4) is 11.5 Å². The number of methoxy groups -OCH3 is 2. The maximum absolute atomic E-state index is 12.2. The summed E-state index contributed by atoms with van der Waals surface area (Å²) < 4.78 is 10.6. The number of likely N-dealkylation sites (tertiary alicyclic amines) is 1. The zero-order valence-electron chi connectivity index (χ0n) is 16.6. The normalized spacial score (nSPS) is 15.5. The predicted octanol–water partition coefficient (Wildman–Crippen LogP) is 3.50. The average molecular weight is 380 g/mol. The molecule has 5 nitrogen and oxygen atoms in total. The van der Waals surface area contributed by atoms with Gasteiger partial charge in [-0.25, -0.2) is 0 Å². The molecule has 1 fully saturated rings. The fourth-order valence-corrected chi connectivity index (χ4v) is 3.48. The first-order valence-electron chi connectivity index (χ1n) is 9.65. The standard InChI is InChI=1S/C23H28N2O3/c1-27-21-8-5-6-18(16-21)10-11-23(26)24-20-12-14-25(15-13-20)17-19-7-3-4-9-22(19)28-2/h3-11,16,20H,12-15,17H2,1-2H3,(H,24,26)/b11-10+. The zero-order valence-corrected chi connectivity index (χ0v) is 16.6. The summed E-state index contributed by atoms with van der Waals surface area (Å²) in [5, 5.41) is 3.12. The lowest BCUT2D eigenvalue weighted by Crippen LogP contribution is -2.43. The summed E-state index contributed by atoms with van der Waals surface area (Å²) in [6.07, 6.45) is 5.31. The lowest BCUT2D eigenvalue weighted by molar-refractivity contribution is -0.117. The lowest BCUT2D eigenvalue weighted by atomic mass is 10.0. The van der Waals surface area contributed by atoms with E-state index in [0.717, 1.165) is 49.5 Å². The molecule has 1 heterocycles. The highest BCUT2D eigenvalue weighted by Crippen LogP contribution is 2.21. The van der Waals surface area contributed by atoms with Crippen LogP contribution in [-0.2, 0) is 11.3 Å². The number of nitrogens with one attached hydrogen (secondary N) is 1. The second-order valence-corrected chi connectivity index (χ2v) is 6.98. The summed E-state index contributed by atoms with van der Waals surface area (Å²) in [6, 6.07) is 16.0. The Bertz CT molecular complexity index is 811. The molecule has 0 spiro atoms. The van der Waals surface area contributed by atoms with Crippen molar-refractivity contribution in [1.29, 1.82) is 0 Å². The second-order valence-electron chi connectivity index (χ2n) is 6.98. The van der Waals surface area contributed by atoms with E-state index >= 15 is 0 Å². The van der Waals surface area contributed by atoms with Gasteiger partial charge in [-0.15, -0.1) is 0 Å². The van der Waals surface area contributed by atoms with Crippen molar-refractivity contribution in [3.05, 3.63) is 65.7 Å². The van der Waals surface area contributed by atoms with E-state index in [4.69, 9.17) is 9.47 Å². The van der Waals surface area contributed by atoms with Gasteiger partial charge in [0.25, 0.3) is 0 Å². The predicted molar refractivity (Wildman–Crippen MR) is 111 cm³/mol. The maximum atomic E-state index is 12.2. The van der Waals surface area contributed by atoms with Crippen LogP contribution in [0.5, 0.6) is 11.5 Å². The molecule has 5 heteroatoms. The molecule has 0 aromatic heterocycles. The number of rotatable bonds is 7. The first kappa shape index (κ1) is 20.0. The molecule has 148 valence electrons. The van der Waals surface area contributed by atoms with Gasteiger partial charge in [-0.2, -0.15) is 0 Å². The molecular weight excluding hydrogens is 352 g/mol. The first-order valence-corrected chi connectivity index (χ1v) is 9.65. The lowest BCUT2D eigenvalue weighted by Gasteiger charge is -2.32. The van der Waals surface area contributed by atoms with Crippen LogP contribution in [0, 0.1) is 0 Å². The van der Waals surface area contributed by atoms with E-state index in [1.54, 1.807) is 20.3 Å². The smallest absolute Gasteiger partial charge is 0.244 e. The molecule has 1 aliphatic heterocycles. The topological polar surface area (TPSA) is 50.8 Å². The number of carbonyl (C=O) groups is 1. The van der Waals surface area contributed by atoms with Gasteiger partial charge in [0.1, 0.15) is 11.5 Å². The number of hydrogen-bond acceptors (Lipinski definition) is 4. The Morgan fingerprint density at radius 3 is 2.64 bits per heavy atom. The maximum Gasteiger partial charge on any atom is 0.244 e. The Labute approximate surface area is 167 Å². The van der Waals surface area contributed by atoms with Gasteiger partial charge < -0.3 is 14.8 Å². The molecular formula is C23H28N2O3. The van der Waals surface area contributed by atoms with Crippen LogP contribution in [0.4, 0.5) is 0 Å². The molecule has 0 bridgehead atoms. The molecule has 0 aliphatic carbocycles. The molecule has 28 heavy (non-hydrogen) atoms. The van der Waals surface area contributed by atoms with E-state index in [0.29, 0.717) is 0 Å². The molecule has 2 aromatic rings. The Kier molecular flexibility index (Phi) is 7.09. The summed E-state index contributed by atoms with van der Waals surface area (Å²) in [5.74, 6) is 1.66. The minimum atomic E-state index is -0.0500. The van der Waals surface area contributed by atoms with E-state index in [2.05, 4.69) is 16.3 Å². The van der Waals surface area contributed by atoms with E-state index in [1.807, 2.05) is 48.5 Å². The molecule has 1 saturated heterocycles. The van der Waals surface area contributed by atoms with Crippen molar-refractivity contribution in [2.45, 2.75) is 25.4 Å². The number of para-hydroxylation sites is 1. The molecule has 2 aromatic carbocycles. The van der Waals surface area contributed by atoms with Crippen LogP contribution in [-0.4, -0.2) is 44.2 Å². The fraction of sp³-hybridized carbons (Fsp3) is 0.348. The summed E-state index contributed by atoms with van der Waals surface area (Å²) in [7, 11) is 3.34. The van der Waals surface area contributed by atoms with Crippen molar-refractivity contribution in [3.63, 3.8) is 0 Å². The van der Waals surface area contributed by atoms with Crippen LogP contribution in [0.2, 0.25) is 0 Å². The fourth-order valence-electron chi connectivity index (χ4n) is 3.48. The van der Waals surface area contributed by atoms with Crippen molar-refractivity contribution in [1.82, 2.24) is 10.2 Å². The summed E-state index contributed by atoms with van der Waals surface area (Å²) >= 11 is 0. The van der Waals surface area contributed by atoms with Gasteiger partial charge in [0.15, 0.2) is 0 Å². The molecule has 0 unspecified atom stereocenters. The number of hydrogen-bond donors (Lipinski definition) is 1. The minimum Gasteiger partial charge on any atom is -0.497 e. The van der Waals surface area contributed by atoms with Gasteiger partial charge in [-0.05, 0) is 42.7 Å². The molecule has 1 aliphatic rings. The van der Waals surface area contributed by atoms with Crippen molar-refractivity contribution in [2.75, 3.05) is 27.3 Å². The van der Waals surface area contributed by atoms with E-state index in [9.17, 15) is 4.79 Å². The Hall–Kier alpha value is -2.79. The van der Waals surface area contributed by atoms with Crippen molar-refractivity contribution < 1.29 is 14.3 Å². The first-order chi connectivity index (χ1) is 13.7. The Balaban J connectivity index is 1.46. The highest BCUT2D eigenvalue weighted by molar-refractivity contribution is 5.91. The average Bonchev–Trinajstić information content (AvgIpc) is 2.74. The monoisotopic (exact) mass is 380 g/mol. The van der Waals surface area contributed by atoms with Gasteiger partial charge in [0.05, 0.1) is 14.2 Å². The third kappa shape index (κ3) is 5.60. The Morgan fingerprint density at radius 2 is 1.89 bits per heavy atom. The number of amides is 1. The number of benzene rings is 2. The van der Waals surface area contributed by atoms with Crippen molar-refractivity contribution >= 4 is 12.0 Å². The van der Waals surface area contributed by atoms with Crippen LogP contribution in [0.1, 0.15) is 24.0 Å². The van der Waals surface area contributed by atoms with E-state index in [-0.39, 0.29) is 11.9 Å². The van der Waals surface area contributed by atoms with Crippen molar-refractivity contribution in [2.24, 2.45) is 0 Å². The summed E-state index contributed by atoms with van der Waals surface area (Å²) in [6.45, 7) is 2.80. The third-order valence-electron chi connectivity index (χ3n) is 5.04. The molecule has 0 atom stereocenters. The molecule has 1 amide bonds.